The standard InChI is InChI=1S/C23H28N4O3.HI/c1-5-24-23(26-15-22-27-16(2)17(3)29-22)25-14-18-10-12-19(13-11-18)30-21-9-7-6-8-20(21)28-4;/h6-13H,5,14-15H2,1-4H3,(H2,24,25,26);1H. The normalized spacial score (nSPS) is 10.9. The van der Waals surface area contributed by atoms with Crippen LogP contribution in [0.3, 0.4) is 0 Å². The summed E-state index contributed by atoms with van der Waals surface area (Å²) in [6.45, 7) is 7.65. The molecule has 31 heavy (non-hydrogen) atoms. The minimum atomic E-state index is 0. The van der Waals surface area contributed by atoms with Gasteiger partial charge in [0.2, 0.25) is 5.89 Å². The minimum absolute atomic E-state index is 0. The third kappa shape index (κ3) is 7.16. The molecule has 0 atom stereocenters. The number of ether oxygens (including phenoxy) is 2. The molecule has 166 valence electrons. The number of hydrogen-bond donors (Lipinski definition) is 2. The molecular weight excluding hydrogens is 507 g/mol. The number of rotatable bonds is 8. The fraction of sp³-hybridized carbons (Fsp3) is 0.304. The highest BCUT2D eigenvalue weighted by Gasteiger charge is 2.07. The summed E-state index contributed by atoms with van der Waals surface area (Å²) in [6.07, 6.45) is 0. The van der Waals surface area contributed by atoms with E-state index in [1.54, 1.807) is 7.11 Å². The van der Waals surface area contributed by atoms with Crippen LogP contribution in [0.1, 0.15) is 29.8 Å². The summed E-state index contributed by atoms with van der Waals surface area (Å²) in [7, 11) is 1.63. The molecule has 1 heterocycles. The molecule has 0 saturated heterocycles. The number of benzene rings is 2. The fourth-order valence-electron chi connectivity index (χ4n) is 2.78. The number of para-hydroxylation sites is 2. The summed E-state index contributed by atoms with van der Waals surface area (Å²) < 4.78 is 16.8. The van der Waals surface area contributed by atoms with Crippen molar-refractivity contribution in [3.8, 4) is 17.2 Å². The zero-order chi connectivity index (χ0) is 21.3. The van der Waals surface area contributed by atoms with E-state index in [-0.39, 0.29) is 24.0 Å². The van der Waals surface area contributed by atoms with Gasteiger partial charge in [0, 0.05) is 6.54 Å². The second-order valence-corrected chi connectivity index (χ2v) is 6.69. The van der Waals surface area contributed by atoms with Crippen molar-refractivity contribution in [3.63, 3.8) is 0 Å². The minimum Gasteiger partial charge on any atom is -0.493 e. The third-order valence-corrected chi connectivity index (χ3v) is 4.46. The van der Waals surface area contributed by atoms with Crippen LogP contribution in [0.5, 0.6) is 17.2 Å². The topological polar surface area (TPSA) is 80.9 Å². The summed E-state index contributed by atoms with van der Waals surface area (Å²) >= 11 is 0. The van der Waals surface area contributed by atoms with Crippen molar-refractivity contribution in [1.29, 1.82) is 0 Å². The van der Waals surface area contributed by atoms with Gasteiger partial charge in [0.1, 0.15) is 11.5 Å². The van der Waals surface area contributed by atoms with E-state index in [0.29, 0.717) is 36.4 Å². The van der Waals surface area contributed by atoms with E-state index in [4.69, 9.17) is 13.9 Å². The van der Waals surface area contributed by atoms with Crippen LogP contribution in [0.15, 0.2) is 57.9 Å². The van der Waals surface area contributed by atoms with Gasteiger partial charge >= 0.3 is 0 Å². The van der Waals surface area contributed by atoms with E-state index in [9.17, 15) is 0 Å². The molecule has 3 aromatic rings. The second kappa shape index (κ2) is 12.2. The lowest BCUT2D eigenvalue weighted by molar-refractivity contribution is 0.379. The lowest BCUT2D eigenvalue weighted by atomic mass is 10.2. The Balaban J connectivity index is 0.00000341. The predicted molar refractivity (Wildman–Crippen MR) is 133 cm³/mol. The average molecular weight is 536 g/mol. The van der Waals surface area contributed by atoms with Crippen LogP contribution in [0.4, 0.5) is 0 Å². The number of aliphatic imine (C=N–C) groups is 1. The van der Waals surface area contributed by atoms with Crippen molar-refractivity contribution in [2.24, 2.45) is 4.99 Å². The number of nitrogens with one attached hydrogen (secondary N) is 2. The molecule has 0 bridgehead atoms. The highest BCUT2D eigenvalue weighted by Crippen LogP contribution is 2.30. The van der Waals surface area contributed by atoms with Crippen molar-refractivity contribution < 1.29 is 13.9 Å². The van der Waals surface area contributed by atoms with E-state index in [1.807, 2.05) is 69.3 Å². The molecule has 0 fully saturated rings. The summed E-state index contributed by atoms with van der Waals surface area (Å²) in [5.41, 5.74) is 1.98. The highest BCUT2D eigenvalue weighted by molar-refractivity contribution is 14.0. The summed E-state index contributed by atoms with van der Waals surface area (Å²) in [5, 5.41) is 6.48. The van der Waals surface area contributed by atoms with E-state index < -0.39 is 0 Å². The van der Waals surface area contributed by atoms with E-state index >= 15 is 0 Å². The van der Waals surface area contributed by atoms with Crippen LogP contribution in [-0.2, 0) is 13.1 Å². The molecule has 0 spiro atoms. The number of hydrogen-bond acceptors (Lipinski definition) is 5. The summed E-state index contributed by atoms with van der Waals surface area (Å²) in [4.78, 5) is 9.02. The monoisotopic (exact) mass is 536 g/mol. The molecule has 0 aliphatic carbocycles. The largest absolute Gasteiger partial charge is 0.493 e. The molecule has 8 heteroatoms. The fourth-order valence-corrected chi connectivity index (χ4v) is 2.78. The van der Waals surface area contributed by atoms with Crippen LogP contribution < -0.4 is 20.1 Å². The van der Waals surface area contributed by atoms with Crippen LogP contribution in [0, 0.1) is 13.8 Å². The number of methoxy groups -OCH3 is 1. The van der Waals surface area contributed by atoms with Crippen molar-refractivity contribution >= 4 is 29.9 Å². The maximum Gasteiger partial charge on any atom is 0.214 e. The number of nitrogens with zero attached hydrogens (tertiary/aromatic N) is 2. The molecule has 7 nitrogen and oxygen atoms in total. The van der Waals surface area contributed by atoms with E-state index in [2.05, 4.69) is 20.6 Å². The number of oxazole rings is 1. The molecule has 1 aromatic heterocycles. The molecular formula is C23H29IN4O3. The van der Waals surface area contributed by atoms with Crippen molar-refractivity contribution in [2.45, 2.75) is 33.9 Å². The van der Waals surface area contributed by atoms with Gasteiger partial charge in [-0.25, -0.2) is 9.98 Å². The van der Waals surface area contributed by atoms with Crippen molar-refractivity contribution in [2.75, 3.05) is 13.7 Å². The number of halogens is 1. The molecule has 0 aliphatic heterocycles. The Morgan fingerprint density at radius 3 is 2.35 bits per heavy atom. The van der Waals surface area contributed by atoms with Crippen LogP contribution in [0.2, 0.25) is 0 Å². The van der Waals surface area contributed by atoms with Gasteiger partial charge in [0.15, 0.2) is 17.5 Å². The maximum atomic E-state index is 5.92. The van der Waals surface area contributed by atoms with Gasteiger partial charge in [-0.05, 0) is 50.6 Å². The van der Waals surface area contributed by atoms with Crippen molar-refractivity contribution in [1.82, 2.24) is 15.6 Å². The Morgan fingerprint density at radius 1 is 1.03 bits per heavy atom. The first-order valence-electron chi connectivity index (χ1n) is 9.94. The Bertz CT molecular complexity index is 967. The number of guanidine groups is 1. The van der Waals surface area contributed by atoms with Gasteiger partial charge in [-0.1, -0.05) is 24.3 Å². The van der Waals surface area contributed by atoms with E-state index in [1.165, 1.54) is 0 Å². The quantitative estimate of drug-likeness (QED) is 0.241. The maximum absolute atomic E-state index is 5.92. The molecule has 0 aliphatic rings. The lowest BCUT2D eigenvalue weighted by Gasteiger charge is -2.11. The SMILES string of the molecule is CCNC(=NCc1ccc(Oc2ccccc2OC)cc1)NCc1nc(C)c(C)o1.I. The number of aromatic nitrogens is 1. The first kappa shape index (κ1) is 24.5. The van der Waals surface area contributed by atoms with Crippen LogP contribution in [0.25, 0.3) is 0 Å². The Morgan fingerprint density at radius 2 is 1.74 bits per heavy atom. The molecule has 0 radical (unpaired) electrons. The first-order valence-corrected chi connectivity index (χ1v) is 9.94. The Labute approximate surface area is 200 Å². The van der Waals surface area contributed by atoms with Gasteiger partial charge in [0.05, 0.1) is 25.9 Å². The predicted octanol–water partition coefficient (Wildman–Crippen LogP) is 4.97. The third-order valence-electron chi connectivity index (χ3n) is 4.46. The molecule has 0 amide bonds. The zero-order valence-corrected chi connectivity index (χ0v) is 20.6. The average Bonchev–Trinajstić information content (AvgIpc) is 3.09. The smallest absolute Gasteiger partial charge is 0.214 e. The number of aryl methyl sites for hydroxylation is 2. The van der Waals surface area contributed by atoms with Crippen molar-refractivity contribution in [3.05, 3.63) is 71.4 Å². The van der Waals surface area contributed by atoms with Gasteiger partial charge in [-0.15, -0.1) is 24.0 Å². The second-order valence-electron chi connectivity index (χ2n) is 6.69. The lowest BCUT2D eigenvalue weighted by Crippen LogP contribution is -2.36. The Kier molecular flexibility index (Phi) is 9.64. The highest BCUT2D eigenvalue weighted by atomic mass is 127. The van der Waals surface area contributed by atoms with Gasteiger partial charge in [-0.2, -0.15) is 0 Å². The molecule has 3 rings (SSSR count). The molecule has 0 unspecified atom stereocenters. The molecule has 2 aromatic carbocycles. The zero-order valence-electron chi connectivity index (χ0n) is 18.3. The first-order chi connectivity index (χ1) is 14.6. The molecule has 0 saturated carbocycles. The molecule has 2 N–H and O–H groups in total. The van der Waals surface area contributed by atoms with Gasteiger partial charge < -0.3 is 24.5 Å². The van der Waals surface area contributed by atoms with Crippen LogP contribution >= 0.6 is 24.0 Å². The van der Waals surface area contributed by atoms with Crippen LogP contribution in [-0.4, -0.2) is 24.6 Å². The summed E-state index contributed by atoms with van der Waals surface area (Å²) in [6, 6.07) is 15.4. The van der Waals surface area contributed by atoms with E-state index in [0.717, 1.165) is 29.3 Å². The summed E-state index contributed by atoms with van der Waals surface area (Å²) in [5.74, 6) is 4.32. The van der Waals surface area contributed by atoms with Gasteiger partial charge in [-0.3, -0.25) is 0 Å². The van der Waals surface area contributed by atoms with Gasteiger partial charge in [0.25, 0.3) is 0 Å². The Hall–Kier alpha value is -2.75.